The van der Waals surface area contributed by atoms with Crippen LogP contribution in [-0.4, -0.2) is 39.1 Å². The summed E-state index contributed by atoms with van der Waals surface area (Å²) in [6, 6.07) is 10.4. The lowest BCUT2D eigenvalue weighted by Crippen LogP contribution is -2.26. The number of carbonyl (C=O) groups excluding carboxylic acids is 1. The van der Waals surface area contributed by atoms with Gasteiger partial charge in [0.15, 0.2) is 0 Å². The molecule has 4 aromatic rings. The lowest BCUT2D eigenvalue weighted by Gasteiger charge is -2.19. The summed E-state index contributed by atoms with van der Waals surface area (Å²) in [6.45, 7) is 0.216. The van der Waals surface area contributed by atoms with Gasteiger partial charge in [0.25, 0.3) is 5.91 Å². The highest BCUT2D eigenvalue weighted by Gasteiger charge is 2.26. The summed E-state index contributed by atoms with van der Waals surface area (Å²) >= 11 is 0. The van der Waals surface area contributed by atoms with E-state index in [-0.39, 0.29) is 29.9 Å². The summed E-state index contributed by atoms with van der Waals surface area (Å²) < 4.78 is 34.0. The molecule has 2 heterocycles. The molecular formula is C25H19F2N5O2. The van der Waals surface area contributed by atoms with Gasteiger partial charge in [-0.2, -0.15) is 10.4 Å². The molecule has 34 heavy (non-hydrogen) atoms. The fraction of sp³-hybridized carbons (Fsp3) is 0.200. The first kappa shape index (κ1) is 21.5. The Morgan fingerprint density at radius 3 is 2.82 bits per heavy atom. The number of nitrogens with one attached hydrogen (secondary N) is 1. The van der Waals surface area contributed by atoms with Crippen LogP contribution in [0.25, 0.3) is 22.2 Å². The summed E-state index contributed by atoms with van der Waals surface area (Å²) in [5, 5.41) is 16.2. The molecule has 1 fully saturated rings. The van der Waals surface area contributed by atoms with Crippen molar-refractivity contribution in [2.24, 2.45) is 0 Å². The van der Waals surface area contributed by atoms with Crippen molar-refractivity contribution in [1.29, 1.82) is 5.26 Å². The number of nitriles is 1. The Morgan fingerprint density at radius 2 is 2.06 bits per heavy atom. The van der Waals surface area contributed by atoms with Crippen molar-refractivity contribution < 1.29 is 18.3 Å². The molecule has 1 saturated carbocycles. The summed E-state index contributed by atoms with van der Waals surface area (Å²) in [4.78, 5) is 19.1. The molecule has 2 aromatic heterocycles. The lowest BCUT2D eigenvalue weighted by atomic mass is 10.1. The van der Waals surface area contributed by atoms with Crippen molar-refractivity contribution >= 4 is 16.8 Å². The number of H-pyrrole nitrogens is 1. The number of hydrogen-bond acceptors (Lipinski definition) is 5. The van der Waals surface area contributed by atoms with Crippen molar-refractivity contribution in [2.75, 3.05) is 7.05 Å². The van der Waals surface area contributed by atoms with Crippen LogP contribution in [0.2, 0.25) is 0 Å². The van der Waals surface area contributed by atoms with Crippen LogP contribution in [0.15, 0.2) is 48.8 Å². The summed E-state index contributed by atoms with van der Waals surface area (Å²) in [7, 11) is 1.63. The van der Waals surface area contributed by atoms with Gasteiger partial charge >= 0.3 is 0 Å². The largest absolute Gasteiger partial charge is 0.488 e. The van der Waals surface area contributed by atoms with Crippen LogP contribution < -0.4 is 4.74 Å². The number of nitrogens with zero attached hydrogens (tertiary/aromatic N) is 4. The van der Waals surface area contributed by atoms with Crippen molar-refractivity contribution in [3.05, 3.63) is 77.1 Å². The maximum Gasteiger partial charge on any atom is 0.255 e. The third-order valence-electron chi connectivity index (χ3n) is 5.62. The Kier molecular flexibility index (Phi) is 5.42. The van der Waals surface area contributed by atoms with Crippen LogP contribution in [0.1, 0.15) is 34.3 Å². The van der Waals surface area contributed by atoms with Crippen LogP contribution in [0.5, 0.6) is 5.75 Å². The van der Waals surface area contributed by atoms with E-state index < -0.39 is 5.82 Å². The van der Waals surface area contributed by atoms with Gasteiger partial charge in [0.2, 0.25) is 0 Å². The molecule has 0 saturated heterocycles. The summed E-state index contributed by atoms with van der Waals surface area (Å²) in [5.74, 6) is -0.903. The molecule has 0 unspecified atom stereocenters. The molecule has 1 N–H and O–H groups in total. The van der Waals surface area contributed by atoms with E-state index in [0.717, 1.165) is 18.9 Å². The van der Waals surface area contributed by atoms with E-state index in [1.165, 1.54) is 35.5 Å². The number of hydrogen-bond donors (Lipinski definition) is 1. The average molecular weight is 459 g/mol. The number of amides is 1. The molecular weight excluding hydrogens is 440 g/mol. The average Bonchev–Trinajstić information content (AvgIpc) is 3.50. The number of aromatic amines is 1. The van der Waals surface area contributed by atoms with Gasteiger partial charge in [-0.3, -0.25) is 14.9 Å². The van der Waals surface area contributed by atoms with Crippen LogP contribution >= 0.6 is 0 Å². The Labute approximate surface area is 193 Å². The van der Waals surface area contributed by atoms with Gasteiger partial charge in [-0.15, -0.1) is 0 Å². The van der Waals surface area contributed by atoms with Gasteiger partial charge in [-0.25, -0.2) is 8.78 Å². The third kappa shape index (κ3) is 4.18. The quantitative estimate of drug-likeness (QED) is 0.455. The molecule has 0 bridgehead atoms. The van der Waals surface area contributed by atoms with Crippen LogP contribution in [-0.2, 0) is 6.54 Å². The summed E-state index contributed by atoms with van der Waals surface area (Å²) in [5.41, 5.74) is 2.46. The summed E-state index contributed by atoms with van der Waals surface area (Å²) in [6.07, 6.45) is 4.59. The first-order chi connectivity index (χ1) is 16.4. The van der Waals surface area contributed by atoms with Gasteiger partial charge in [-0.1, -0.05) is 6.07 Å². The smallest absolute Gasteiger partial charge is 0.255 e. The van der Waals surface area contributed by atoms with E-state index >= 15 is 0 Å². The molecule has 2 aromatic carbocycles. The number of halogens is 2. The van der Waals surface area contributed by atoms with Crippen LogP contribution in [0.3, 0.4) is 0 Å². The predicted molar refractivity (Wildman–Crippen MR) is 120 cm³/mol. The monoisotopic (exact) mass is 459 g/mol. The molecule has 7 nitrogen and oxygen atoms in total. The zero-order valence-electron chi connectivity index (χ0n) is 18.2. The molecule has 5 rings (SSSR count). The van der Waals surface area contributed by atoms with Crippen LogP contribution in [0.4, 0.5) is 8.78 Å². The van der Waals surface area contributed by atoms with Gasteiger partial charge in [0.05, 0.1) is 40.4 Å². The Morgan fingerprint density at radius 1 is 1.24 bits per heavy atom. The first-order valence-corrected chi connectivity index (χ1v) is 10.7. The minimum Gasteiger partial charge on any atom is -0.488 e. The molecule has 9 heteroatoms. The maximum absolute atomic E-state index is 14.0. The first-order valence-electron chi connectivity index (χ1n) is 10.7. The Hall–Kier alpha value is -4.32. The molecule has 0 radical (unpaired) electrons. The Bertz CT molecular complexity index is 1460. The number of fused-ring (bicyclic) bond motifs is 1. The van der Waals surface area contributed by atoms with E-state index in [1.54, 1.807) is 19.2 Å². The molecule has 1 aliphatic rings. The highest BCUT2D eigenvalue weighted by molar-refractivity contribution is 5.95. The second kappa shape index (κ2) is 8.56. The van der Waals surface area contributed by atoms with E-state index in [2.05, 4.69) is 15.2 Å². The van der Waals surface area contributed by atoms with Gasteiger partial charge in [0, 0.05) is 25.4 Å². The van der Waals surface area contributed by atoms with E-state index in [0.29, 0.717) is 39.0 Å². The number of rotatable bonds is 6. The number of aromatic nitrogens is 3. The number of ether oxygens (including phenoxy) is 1. The zero-order valence-corrected chi connectivity index (χ0v) is 18.2. The number of pyridine rings is 1. The second-order valence-corrected chi connectivity index (χ2v) is 8.25. The lowest BCUT2D eigenvalue weighted by molar-refractivity contribution is 0.0784. The zero-order chi connectivity index (χ0) is 23.8. The molecule has 0 atom stereocenters. The van der Waals surface area contributed by atoms with Gasteiger partial charge in [0.1, 0.15) is 23.1 Å². The molecule has 1 aliphatic carbocycles. The van der Waals surface area contributed by atoms with Crippen LogP contribution in [0, 0.1) is 23.0 Å². The molecule has 170 valence electrons. The number of benzene rings is 2. The maximum atomic E-state index is 14.0. The highest BCUT2D eigenvalue weighted by atomic mass is 19.1. The molecule has 0 aliphatic heterocycles. The molecule has 1 amide bonds. The second-order valence-electron chi connectivity index (χ2n) is 8.25. The fourth-order valence-corrected chi connectivity index (χ4v) is 3.76. The molecule has 0 spiro atoms. The number of carbonyl (C=O) groups is 1. The van der Waals surface area contributed by atoms with E-state index in [1.807, 2.05) is 6.07 Å². The SMILES string of the molecule is CN(Cc1ccc(F)c2cn[nH]c12)C(=O)c1cnc(-c2cc(F)cc(C#N)c2)c(OC2CC2)c1. The van der Waals surface area contributed by atoms with E-state index in [4.69, 9.17) is 4.74 Å². The standard InChI is InChI=1S/C25H19F2N5O2/c1-32(13-15-2-5-21(27)20-12-30-31-23(15)20)25(33)17-9-22(34-19-3-4-19)24(29-11-17)16-6-14(10-28)7-18(26)8-16/h2,5-9,11-12,19H,3-4,13H2,1H3,(H,30,31). The van der Waals surface area contributed by atoms with Crippen molar-refractivity contribution in [3.63, 3.8) is 0 Å². The van der Waals surface area contributed by atoms with Gasteiger partial charge in [-0.05, 0) is 48.7 Å². The van der Waals surface area contributed by atoms with Crippen molar-refractivity contribution in [3.8, 4) is 23.1 Å². The normalized spacial score (nSPS) is 13.0. The van der Waals surface area contributed by atoms with Gasteiger partial charge < -0.3 is 9.64 Å². The predicted octanol–water partition coefficient (Wildman–Crippen LogP) is 4.59. The van der Waals surface area contributed by atoms with E-state index in [9.17, 15) is 18.8 Å². The van der Waals surface area contributed by atoms with Crippen molar-refractivity contribution in [2.45, 2.75) is 25.5 Å². The minimum absolute atomic E-state index is 0.0144. The van der Waals surface area contributed by atoms with Crippen molar-refractivity contribution in [1.82, 2.24) is 20.1 Å². The third-order valence-corrected chi connectivity index (χ3v) is 5.62. The topological polar surface area (TPSA) is 94.9 Å². The minimum atomic E-state index is -0.558. The highest BCUT2D eigenvalue weighted by Crippen LogP contribution is 2.35. The fourth-order valence-electron chi connectivity index (χ4n) is 3.76. The Balaban J connectivity index is 1.45.